The molecule has 114 valence electrons. The lowest BCUT2D eigenvalue weighted by Gasteiger charge is -2.37. The van der Waals surface area contributed by atoms with Gasteiger partial charge in [0, 0.05) is 44.4 Å². The van der Waals surface area contributed by atoms with E-state index in [0.29, 0.717) is 0 Å². The van der Waals surface area contributed by atoms with Crippen LogP contribution in [0.3, 0.4) is 0 Å². The van der Waals surface area contributed by atoms with E-state index in [4.69, 9.17) is 15.9 Å². The van der Waals surface area contributed by atoms with Crippen molar-refractivity contribution < 1.29 is 4.74 Å². The van der Waals surface area contributed by atoms with Gasteiger partial charge in [-0.3, -0.25) is 10.3 Å². The molecule has 1 saturated heterocycles. The Labute approximate surface area is 126 Å². The molecule has 1 aliphatic carbocycles. The number of ether oxygens (including phenoxy) is 1. The molecule has 0 unspecified atom stereocenters. The predicted octanol–water partition coefficient (Wildman–Crippen LogP) is 1.51. The van der Waals surface area contributed by atoms with Gasteiger partial charge in [-0.2, -0.15) is 0 Å². The lowest BCUT2D eigenvalue weighted by Crippen LogP contribution is -2.47. The summed E-state index contributed by atoms with van der Waals surface area (Å²) < 4.78 is 5.31. The number of nitrogens with two attached hydrogens (primary N) is 1. The Morgan fingerprint density at radius 3 is 2.57 bits per heavy atom. The minimum atomic E-state index is 0.119. The Morgan fingerprint density at radius 1 is 1.29 bits per heavy atom. The highest BCUT2D eigenvalue weighted by molar-refractivity contribution is 6.00. The number of hydrogen-bond acceptors (Lipinski definition) is 4. The second kappa shape index (κ2) is 5.93. The number of nitrogens with zero attached hydrogens (tertiary/aromatic N) is 2. The average Bonchev–Trinajstić information content (AvgIpc) is 3.31. The highest BCUT2D eigenvalue weighted by Gasteiger charge is 2.27. The van der Waals surface area contributed by atoms with Crippen LogP contribution < -0.4 is 15.4 Å². The van der Waals surface area contributed by atoms with Gasteiger partial charge < -0.3 is 15.4 Å². The molecule has 2 aliphatic rings. The molecule has 1 heterocycles. The van der Waals surface area contributed by atoms with Crippen LogP contribution in [-0.2, 0) is 0 Å². The molecule has 3 N–H and O–H groups in total. The lowest BCUT2D eigenvalue weighted by molar-refractivity contribution is 0.248. The van der Waals surface area contributed by atoms with Crippen molar-refractivity contribution in [2.75, 3.05) is 44.7 Å². The van der Waals surface area contributed by atoms with Crippen molar-refractivity contribution in [3.8, 4) is 5.75 Å². The average molecular weight is 288 g/mol. The van der Waals surface area contributed by atoms with E-state index in [-0.39, 0.29) is 5.84 Å². The van der Waals surface area contributed by atoms with Gasteiger partial charge in [-0.15, -0.1) is 0 Å². The van der Waals surface area contributed by atoms with Gasteiger partial charge in [-0.25, -0.2) is 0 Å². The zero-order chi connectivity index (χ0) is 14.8. The Hall–Kier alpha value is -1.75. The van der Waals surface area contributed by atoms with Crippen molar-refractivity contribution in [2.45, 2.75) is 12.8 Å². The summed E-state index contributed by atoms with van der Waals surface area (Å²) in [4.78, 5) is 4.88. The molecule has 2 fully saturated rings. The van der Waals surface area contributed by atoms with Crippen LogP contribution in [0.25, 0.3) is 0 Å². The molecule has 0 amide bonds. The van der Waals surface area contributed by atoms with Crippen LogP contribution in [0.4, 0.5) is 5.69 Å². The standard InChI is InChI=1S/C16H24N4O/c1-21-13-4-5-14(16(17)18)15(10-13)20-8-6-19(7-9-20)11-12-2-3-12/h4-5,10,12H,2-3,6-9,11H2,1H3,(H3,17,18). The van der Waals surface area contributed by atoms with E-state index in [2.05, 4.69) is 9.80 Å². The molecule has 5 nitrogen and oxygen atoms in total. The minimum Gasteiger partial charge on any atom is -0.497 e. The first-order chi connectivity index (χ1) is 10.2. The van der Waals surface area contributed by atoms with Crippen LogP contribution in [0.2, 0.25) is 0 Å². The van der Waals surface area contributed by atoms with E-state index in [0.717, 1.165) is 49.1 Å². The number of piperazine rings is 1. The fourth-order valence-corrected chi connectivity index (χ4v) is 2.96. The quantitative estimate of drug-likeness (QED) is 0.637. The van der Waals surface area contributed by atoms with Crippen molar-refractivity contribution >= 4 is 11.5 Å². The van der Waals surface area contributed by atoms with Crippen LogP contribution in [0.5, 0.6) is 5.75 Å². The van der Waals surface area contributed by atoms with E-state index in [1.54, 1.807) is 7.11 Å². The Morgan fingerprint density at radius 2 is 2.00 bits per heavy atom. The maximum absolute atomic E-state index is 7.76. The van der Waals surface area contributed by atoms with Crippen LogP contribution in [-0.4, -0.2) is 50.6 Å². The number of benzene rings is 1. The van der Waals surface area contributed by atoms with E-state index < -0.39 is 0 Å². The Kier molecular flexibility index (Phi) is 4.01. The molecule has 0 spiro atoms. The molecule has 5 heteroatoms. The largest absolute Gasteiger partial charge is 0.497 e. The summed E-state index contributed by atoms with van der Waals surface area (Å²) in [6.45, 7) is 5.40. The molecular weight excluding hydrogens is 264 g/mol. The third kappa shape index (κ3) is 3.29. The number of nitrogens with one attached hydrogen (secondary N) is 1. The third-order valence-corrected chi connectivity index (χ3v) is 4.42. The Balaban J connectivity index is 1.72. The van der Waals surface area contributed by atoms with Gasteiger partial charge in [0.05, 0.1) is 12.8 Å². The van der Waals surface area contributed by atoms with E-state index in [9.17, 15) is 0 Å². The molecule has 1 aliphatic heterocycles. The normalized spacial score (nSPS) is 19.6. The molecule has 1 aromatic rings. The van der Waals surface area contributed by atoms with Gasteiger partial charge in [-0.1, -0.05) is 0 Å². The maximum atomic E-state index is 7.76. The monoisotopic (exact) mass is 288 g/mol. The van der Waals surface area contributed by atoms with Gasteiger partial charge >= 0.3 is 0 Å². The first kappa shape index (κ1) is 14.2. The molecule has 21 heavy (non-hydrogen) atoms. The minimum absolute atomic E-state index is 0.119. The third-order valence-electron chi connectivity index (χ3n) is 4.42. The van der Waals surface area contributed by atoms with Crippen LogP contribution in [0.1, 0.15) is 18.4 Å². The second-order valence-corrected chi connectivity index (χ2v) is 6.03. The van der Waals surface area contributed by atoms with Gasteiger partial charge in [0.15, 0.2) is 0 Å². The topological polar surface area (TPSA) is 65.6 Å². The van der Waals surface area contributed by atoms with Crippen molar-refractivity contribution in [1.29, 1.82) is 5.41 Å². The summed E-state index contributed by atoms with van der Waals surface area (Å²) >= 11 is 0. The summed E-state index contributed by atoms with van der Waals surface area (Å²) in [5, 5.41) is 7.76. The van der Waals surface area contributed by atoms with Crippen molar-refractivity contribution in [3.63, 3.8) is 0 Å². The fourth-order valence-electron chi connectivity index (χ4n) is 2.96. The number of methoxy groups -OCH3 is 1. The van der Waals surface area contributed by atoms with Crippen molar-refractivity contribution in [2.24, 2.45) is 11.7 Å². The summed E-state index contributed by atoms with van der Waals surface area (Å²) in [5.41, 5.74) is 7.54. The van der Waals surface area contributed by atoms with Gasteiger partial charge in [-0.05, 0) is 30.9 Å². The smallest absolute Gasteiger partial charge is 0.124 e. The second-order valence-electron chi connectivity index (χ2n) is 6.03. The first-order valence-electron chi connectivity index (χ1n) is 7.67. The predicted molar refractivity (Wildman–Crippen MR) is 85.4 cm³/mol. The van der Waals surface area contributed by atoms with E-state index in [1.165, 1.54) is 19.4 Å². The van der Waals surface area contributed by atoms with Crippen LogP contribution in [0, 0.1) is 11.3 Å². The van der Waals surface area contributed by atoms with Crippen LogP contribution >= 0.6 is 0 Å². The number of rotatable bonds is 5. The summed E-state index contributed by atoms with van der Waals surface area (Å²) in [6.07, 6.45) is 2.81. The van der Waals surface area contributed by atoms with E-state index >= 15 is 0 Å². The highest BCUT2D eigenvalue weighted by atomic mass is 16.5. The molecule has 3 rings (SSSR count). The molecule has 0 aromatic heterocycles. The first-order valence-corrected chi connectivity index (χ1v) is 7.67. The molecule has 0 bridgehead atoms. The molecule has 0 atom stereocenters. The molecule has 0 radical (unpaired) electrons. The summed E-state index contributed by atoms with van der Waals surface area (Å²) in [5.74, 6) is 1.88. The summed E-state index contributed by atoms with van der Waals surface area (Å²) in [7, 11) is 1.67. The van der Waals surface area contributed by atoms with Gasteiger partial charge in [0.2, 0.25) is 0 Å². The number of hydrogen-bond donors (Lipinski definition) is 2. The zero-order valence-electron chi connectivity index (χ0n) is 12.6. The maximum Gasteiger partial charge on any atom is 0.124 e. The van der Waals surface area contributed by atoms with Crippen molar-refractivity contribution in [3.05, 3.63) is 23.8 Å². The highest BCUT2D eigenvalue weighted by Crippen LogP contribution is 2.31. The molecule has 1 aromatic carbocycles. The van der Waals surface area contributed by atoms with Gasteiger partial charge in [0.25, 0.3) is 0 Å². The number of nitrogen functional groups attached to an aromatic ring is 1. The SMILES string of the molecule is COc1ccc(C(=N)N)c(N2CCN(CC3CC3)CC2)c1. The fraction of sp³-hybridized carbons (Fsp3) is 0.562. The van der Waals surface area contributed by atoms with Crippen molar-refractivity contribution in [1.82, 2.24) is 4.90 Å². The number of amidine groups is 1. The Bertz CT molecular complexity index is 519. The van der Waals surface area contributed by atoms with Gasteiger partial charge in [0.1, 0.15) is 11.6 Å². The van der Waals surface area contributed by atoms with Crippen LogP contribution in [0.15, 0.2) is 18.2 Å². The van der Waals surface area contributed by atoms with E-state index in [1.807, 2.05) is 18.2 Å². The zero-order valence-corrected chi connectivity index (χ0v) is 12.6. The lowest BCUT2D eigenvalue weighted by atomic mass is 10.1. The number of anilines is 1. The molecular formula is C16H24N4O. The summed E-state index contributed by atoms with van der Waals surface area (Å²) in [6, 6.07) is 5.74. The molecule has 1 saturated carbocycles.